The van der Waals surface area contributed by atoms with Crippen LogP contribution in [0.15, 0.2) is 18.2 Å². The molecule has 0 aromatic heterocycles. The van der Waals surface area contributed by atoms with Crippen molar-refractivity contribution in [1.29, 1.82) is 0 Å². The van der Waals surface area contributed by atoms with Gasteiger partial charge in [-0.05, 0) is 38.7 Å². The van der Waals surface area contributed by atoms with Gasteiger partial charge >= 0.3 is 0 Å². The van der Waals surface area contributed by atoms with Crippen molar-refractivity contribution in [2.24, 2.45) is 0 Å². The topological polar surface area (TPSA) is 26.3 Å². The van der Waals surface area contributed by atoms with Crippen molar-refractivity contribution in [3.05, 3.63) is 34.9 Å². The second-order valence-electron chi connectivity index (χ2n) is 5.15. The van der Waals surface area contributed by atoms with Crippen molar-refractivity contribution in [3.63, 3.8) is 0 Å². The van der Waals surface area contributed by atoms with Crippen LogP contribution >= 0.6 is 0 Å². The van der Waals surface area contributed by atoms with Gasteiger partial charge in [0.05, 0.1) is 0 Å². The van der Waals surface area contributed by atoms with Crippen LogP contribution in [0.5, 0.6) is 0 Å². The fourth-order valence-corrected chi connectivity index (χ4v) is 2.61. The van der Waals surface area contributed by atoms with Crippen LogP contribution in [0.2, 0.25) is 0 Å². The number of hydrogen-bond donors (Lipinski definition) is 0. The lowest BCUT2D eigenvalue weighted by Gasteiger charge is -2.38. The Kier molecular flexibility index (Phi) is 3.34. The third-order valence-electron chi connectivity index (χ3n) is 3.71. The van der Waals surface area contributed by atoms with E-state index >= 15 is 0 Å². The molecule has 0 spiro atoms. The van der Waals surface area contributed by atoms with E-state index in [1.54, 1.807) is 7.11 Å². The summed E-state index contributed by atoms with van der Waals surface area (Å²) in [5.74, 6) is 0.233. The van der Waals surface area contributed by atoms with Crippen molar-refractivity contribution >= 4 is 5.78 Å². The zero-order valence-electron chi connectivity index (χ0n) is 10.9. The standard InChI is InChI=1S/C15H20O2/c1-11-7-12(2)9-13(8-11)10-14(16)15(17-3)5-4-6-15/h7-9H,4-6,10H2,1-3H3. The van der Waals surface area contributed by atoms with E-state index in [1.165, 1.54) is 11.1 Å². The van der Waals surface area contributed by atoms with E-state index in [9.17, 15) is 4.79 Å². The Bertz CT molecular complexity index is 405. The Morgan fingerprint density at radius 2 is 1.82 bits per heavy atom. The van der Waals surface area contributed by atoms with Crippen LogP contribution in [-0.4, -0.2) is 18.5 Å². The van der Waals surface area contributed by atoms with E-state index in [4.69, 9.17) is 4.74 Å². The molecule has 17 heavy (non-hydrogen) atoms. The fraction of sp³-hybridized carbons (Fsp3) is 0.533. The van der Waals surface area contributed by atoms with Crippen LogP contribution in [0.25, 0.3) is 0 Å². The van der Waals surface area contributed by atoms with Crippen molar-refractivity contribution in [1.82, 2.24) is 0 Å². The maximum Gasteiger partial charge on any atom is 0.168 e. The molecule has 0 amide bonds. The van der Waals surface area contributed by atoms with Crippen LogP contribution in [0, 0.1) is 13.8 Å². The third kappa shape index (κ3) is 2.42. The maximum atomic E-state index is 12.2. The van der Waals surface area contributed by atoms with Gasteiger partial charge in [-0.3, -0.25) is 4.79 Å². The van der Waals surface area contributed by atoms with Crippen LogP contribution in [-0.2, 0) is 16.0 Å². The van der Waals surface area contributed by atoms with Gasteiger partial charge in [-0.1, -0.05) is 29.3 Å². The smallest absolute Gasteiger partial charge is 0.168 e. The summed E-state index contributed by atoms with van der Waals surface area (Å²) >= 11 is 0. The molecular weight excluding hydrogens is 212 g/mol. The van der Waals surface area contributed by atoms with Crippen molar-refractivity contribution < 1.29 is 9.53 Å². The molecule has 0 saturated heterocycles. The molecule has 92 valence electrons. The molecule has 2 nitrogen and oxygen atoms in total. The van der Waals surface area contributed by atoms with Gasteiger partial charge in [0.1, 0.15) is 5.60 Å². The molecule has 1 aliphatic carbocycles. The Morgan fingerprint density at radius 1 is 1.24 bits per heavy atom. The number of ether oxygens (including phenoxy) is 1. The van der Waals surface area contributed by atoms with Gasteiger partial charge in [0, 0.05) is 13.5 Å². The molecule has 1 saturated carbocycles. The first-order chi connectivity index (χ1) is 8.05. The molecule has 0 aliphatic heterocycles. The molecule has 2 rings (SSSR count). The summed E-state index contributed by atoms with van der Waals surface area (Å²) in [6.45, 7) is 4.13. The lowest BCUT2D eigenvalue weighted by atomic mass is 9.75. The summed E-state index contributed by atoms with van der Waals surface area (Å²) < 4.78 is 5.42. The molecule has 1 aliphatic rings. The number of methoxy groups -OCH3 is 1. The van der Waals surface area contributed by atoms with Crippen molar-refractivity contribution in [2.75, 3.05) is 7.11 Å². The highest BCUT2D eigenvalue weighted by Crippen LogP contribution is 2.36. The largest absolute Gasteiger partial charge is 0.370 e. The van der Waals surface area contributed by atoms with E-state index in [-0.39, 0.29) is 5.78 Å². The van der Waals surface area contributed by atoms with E-state index in [2.05, 4.69) is 32.0 Å². The summed E-state index contributed by atoms with van der Waals surface area (Å²) in [6.07, 6.45) is 3.36. The molecule has 1 aromatic carbocycles. The number of aryl methyl sites for hydroxylation is 2. The zero-order valence-corrected chi connectivity index (χ0v) is 10.9. The molecule has 0 radical (unpaired) electrons. The number of Topliss-reactive ketones (excluding diaryl/α,β-unsaturated/α-hetero) is 1. The zero-order chi connectivity index (χ0) is 12.5. The Morgan fingerprint density at radius 3 is 2.24 bits per heavy atom. The highest BCUT2D eigenvalue weighted by molar-refractivity contribution is 5.90. The van der Waals surface area contributed by atoms with E-state index in [0.717, 1.165) is 24.8 Å². The van der Waals surface area contributed by atoms with Gasteiger partial charge in [-0.15, -0.1) is 0 Å². The number of carbonyl (C=O) groups excluding carboxylic acids is 1. The predicted molar refractivity (Wildman–Crippen MR) is 68.2 cm³/mol. The van der Waals surface area contributed by atoms with Crippen LogP contribution in [0.3, 0.4) is 0 Å². The molecule has 0 atom stereocenters. The normalized spacial score (nSPS) is 17.6. The minimum atomic E-state index is -0.475. The first kappa shape index (κ1) is 12.3. The van der Waals surface area contributed by atoms with Gasteiger partial charge in [0.15, 0.2) is 5.78 Å². The lowest BCUT2D eigenvalue weighted by Crippen LogP contribution is -2.47. The molecule has 0 bridgehead atoms. The highest BCUT2D eigenvalue weighted by atomic mass is 16.5. The maximum absolute atomic E-state index is 12.2. The Labute approximate surface area is 103 Å². The molecule has 0 heterocycles. The summed E-state index contributed by atoms with van der Waals surface area (Å²) in [7, 11) is 1.65. The van der Waals surface area contributed by atoms with Crippen LogP contribution in [0.1, 0.15) is 36.0 Å². The number of rotatable bonds is 4. The van der Waals surface area contributed by atoms with Gasteiger partial charge in [0.2, 0.25) is 0 Å². The number of hydrogen-bond acceptors (Lipinski definition) is 2. The van der Waals surface area contributed by atoms with Gasteiger partial charge in [0.25, 0.3) is 0 Å². The first-order valence-electron chi connectivity index (χ1n) is 6.21. The SMILES string of the molecule is COC1(C(=O)Cc2cc(C)cc(C)c2)CCC1. The molecule has 1 fully saturated rings. The van der Waals surface area contributed by atoms with E-state index in [0.29, 0.717) is 6.42 Å². The summed E-state index contributed by atoms with van der Waals surface area (Å²) in [5.41, 5.74) is 3.06. The Balaban J connectivity index is 2.12. The number of benzene rings is 1. The minimum absolute atomic E-state index is 0.233. The number of ketones is 1. The average molecular weight is 232 g/mol. The molecule has 1 aromatic rings. The lowest BCUT2D eigenvalue weighted by molar-refractivity contribution is -0.151. The molecule has 0 unspecified atom stereocenters. The first-order valence-corrected chi connectivity index (χ1v) is 6.21. The third-order valence-corrected chi connectivity index (χ3v) is 3.71. The van der Waals surface area contributed by atoms with Gasteiger partial charge < -0.3 is 4.74 Å². The summed E-state index contributed by atoms with van der Waals surface area (Å²) in [4.78, 5) is 12.2. The van der Waals surface area contributed by atoms with Gasteiger partial charge in [-0.25, -0.2) is 0 Å². The Hall–Kier alpha value is -1.15. The van der Waals surface area contributed by atoms with Crippen LogP contribution in [0.4, 0.5) is 0 Å². The predicted octanol–water partition coefficient (Wildman–Crippen LogP) is 2.98. The monoisotopic (exact) mass is 232 g/mol. The quantitative estimate of drug-likeness (QED) is 0.797. The van der Waals surface area contributed by atoms with Crippen molar-refractivity contribution in [2.45, 2.75) is 45.1 Å². The van der Waals surface area contributed by atoms with E-state index < -0.39 is 5.60 Å². The summed E-state index contributed by atoms with van der Waals surface area (Å²) in [6, 6.07) is 6.31. The molecular formula is C15H20O2. The number of carbonyl (C=O) groups is 1. The van der Waals surface area contributed by atoms with E-state index in [1.807, 2.05) is 0 Å². The highest BCUT2D eigenvalue weighted by Gasteiger charge is 2.43. The molecule has 0 N–H and O–H groups in total. The second-order valence-corrected chi connectivity index (χ2v) is 5.15. The van der Waals surface area contributed by atoms with Gasteiger partial charge in [-0.2, -0.15) is 0 Å². The molecule has 2 heteroatoms. The van der Waals surface area contributed by atoms with Crippen LogP contribution < -0.4 is 0 Å². The minimum Gasteiger partial charge on any atom is -0.370 e. The van der Waals surface area contributed by atoms with Crippen molar-refractivity contribution in [3.8, 4) is 0 Å². The fourth-order valence-electron chi connectivity index (χ4n) is 2.61. The second kappa shape index (κ2) is 4.61. The summed E-state index contributed by atoms with van der Waals surface area (Å²) in [5, 5.41) is 0. The average Bonchev–Trinajstić information content (AvgIpc) is 2.14.